The van der Waals surface area contributed by atoms with Crippen LogP contribution in [0.4, 0.5) is 5.69 Å². The maximum Gasteiger partial charge on any atom is 0.150 e. The molecule has 0 aliphatic carbocycles. The van der Waals surface area contributed by atoms with Gasteiger partial charge in [0.05, 0.1) is 0 Å². The lowest BCUT2D eigenvalue weighted by atomic mass is 9.97. The third-order valence-electron chi connectivity index (χ3n) is 2.77. The second-order valence-corrected chi connectivity index (χ2v) is 4.27. The maximum atomic E-state index is 11.0. The van der Waals surface area contributed by atoms with Crippen LogP contribution in [-0.2, 0) is 0 Å². The lowest BCUT2D eigenvalue weighted by Gasteiger charge is -2.12. The highest BCUT2D eigenvalue weighted by molar-refractivity contribution is 6.34. The molecule has 0 aliphatic heterocycles. The summed E-state index contributed by atoms with van der Waals surface area (Å²) in [6.45, 7) is 1.93. The highest BCUT2D eigenvalue weighted by Gasteiger charge is 2.12. The third-order valence-corrected chi connectivity index (χ3v) is 3.08. The summed E-state index contributed by atoms with van der Waals surface area (Å²) in [5.74, 6) is 0. The molecule has 2 aromatic carbocycles. The van der Waals surface area contributed by atoms with Gasteiger partial charge in [-0.3, -0.25) is 4.79 Å². The minimum absolute atomic E-state index is 0.534. The van der Waals surface area contributed by atoms with Gasteiger partial charge >= 0.3 is 0 Å². The van der Waals surface area contributed by atoms with Gasteiger partial charge in [-0.05, 0) is 18.6 Å². The molecule has 0 atom stereocenters. The van der Waals surface area contributed by atoms with Crippen LogP contribution in [0.15, 0.2) is 36.4 Å². The van der Waals surface area contributed by atoms with Gasteiger partial charge in [-0.15, -0.1) is 0 Å². The van der Waals surface area contributed by atoms with E-state index in [2.05, 4.69) is 0 Å². The first-order valence-electron chi connectivity index (χ1n) is 5.24. The average Bonchev–Trinajstić information content (AvgIpc) is 2.33. The minimum atomic E-state index is 0.534. The van der Waals surface area contributed by atoms with Crippen LogP contribution in [0.1, 0.15) is 15.9 Å². The van der Waals surface area contributed by atoms with Crippen LogP contribution < -0.4 is 5.73 Å². The lowest BCUT2D eigenvalue weighted by molar-refractivity contribution is 0.112. The molecule has 0 radical (unpaired) electrons. The van der Waals surface area contributed by atoms with Crippen LogP contribution in [0.5, 0.6) is 0 Å². The zero-order valence-electron chi connectivity index (χ0n) is 9.41. The Labute approximate surface area is 105 Å². The maximum absolute atomic E-state index is 11.0. The predicted octanol–water partition coefficient (Wildman–Crippen LogP) is 3.71. The lowest BCUT2D eigenvalue weighted by Crippen LogP contribution is -1.96. The first-order chi connectivity index (χ1) is 8.15. The molecule has 3 heteroatoms. The second-order valence-electron chi connectivity index (χ2n) is 3.86. The Morgan fingerprint density at radius 3 is 2.59 bits per heavy atom. The standard InChI is InChI=1S/C14H12ClNO/c1-9-4-2-6-11(14(9)16)13-10(8-17)5-3-7-12(13)15/h2-8H,16H2,1H3. The molecule has 2 N–H and O–H groups in total. The van der Waals surface area contributed by atoms with Crippen molar-refractivity contribution < 1.29 is 4.79 Å². The summed E-state index contributed by atoms with van der Waals surface area (Å²) in [5, 5.41) is 0.534. The number of anilines is 1. The quantitative estimate of drug-likeness (QED) is 0.647. The second kappa shape index (κ2) is 4.60. The Morgan fingerprint density at radius 2 is 1.88 bits per heavy atom. The number of halogens is 1. The summed E-state index contributed by atoms with van der Waals surface area (Å²) in [7, 11) is 0. The Bertz CT molecular complexity index is 578. The van der Waals surface area contributed by atoms with Crippen LogP contribution in [0, 0.1) is 6.92 Å². The van der Waals surface area contributed by atoms with Crippen molar-refractivity contribution in [3.63, 3.8) is 0 Å². The average molecular weight is 246 g/mol. The molecule has 0 unspecified atom stereocenters. The summed E-state index contributed by atoms with van der Waals surface area (Å²) in [6, 6.07) is 10.9. The number of nitrogen functional groups attached to an aromatic ring is 1. The number of carbonyl (C=O) groups excluding carboxylic acids is 1. The van der Waals surface area contributed by atoms with Crippen LogP contribution in [0.25, 0.3) is 11.1 Å². The number of hydrogen-bond donors (Lipinski definition) is 1. The fourth-order valence-corrected chi connectivity index (χ4v) is 2.11. The van der Waals surface area contributed by atoms with Crippen molar-refractivity contribution in [2.45, 2.75) is 6.92 Å². The van der Waals surface area contributed by atoms with E-state index >= 15 is 0 Å². The first kappa shape index (κ1) is 11.7. The molecule has 2 rings (SSSR count). The van der Waals surface area contributed by atoms with Gasteiger partial charge in [-0.2, -0.15) is 0 Å². The van der Waals surface area contributed by atoms with Gasteiger partial charge in [0, 0.05) is 27.4 Å². The summed E-state index contributed by atoms with van der Waals surface area (Å²) in [5.41, 5.74) is 9.71. The van der Waals surface area contributed by atoms with E-state index in [4.69, 9.17) is 17.3 Å². The normalized spacial score (nSPS) is 10.2. The molecule has 0 amide bonds. The summed E-state index contributed by atoms with van der Waals surface area (Å²) >= 11 is 6.15. The Kier molecular flexibility index (Phi) is 3.16. The topological polar surface area (TPSA) is 43.1 Å². The van der Waals surface area contributed by atoms with Gasteiger partial charge in [0.2, 0.25) is 0 Å². The van der Waals surface area contributed by atoms with Gasteiger partial charge in [-0.1, -0.05) is 41.9 Å². The number of rotatable bonds is 2. The van der Waals surface area contributed by atoms with Crippen LogP contribution in [0.3, 0.4) is 0 Å². The molecule has 0 aromatic heterocycles. The number of benzene rings is 2. The van der Waals surface area contributed by atoms with Crippen LogP contribution >= 0.6 is 11.6 Å². The molecule has 0 aliphatic rings. The summed E-state index contributed by atoms with van der Waals surface area (Å²) < 4.78 is 0. The highest BCUT2D eigenvalue weighted by atomic mass is 35.5. The van der Waals surface area contributed by atoms with Crippen molar-refractivity contribution in [3.05, 3.63) is 52.5 Å². The molecule has 0 saturated carbocycles. The fourth-order valence-electron chi connectivity index (χ4n) is 1.82. The van der Waals surface area contributed by atoms with E-state index in [-0.39, 0.29) is 0 Å². The fraction of sp³-hybridized carbons (Fsp3) is 0.0714. The number of aryl methyl sites for hydroxylation is 1. The van der Waals surface area contributed by atoms with E-state index < -0.39 is 0 Å². The molecule has 0 spiro atoms. The number of hydrogen-bond acceptors (Lipinski definition) is 2. The molecule has 0 fully saturated rings. The monoisotopic (exact) mass is 245 g/mol. The molecule has 2 nitrogen and oxygen atoms in total. The van der Waals surface area contributed by atoms with E-state index in [0.717, 1.165) is 17.4 Å². The Balaban J connectivity index is 2.76. The van der Waals surface area contributed by atoms with E-state index in [9.17, 15) is 4.79 Å². The Hall–Kier alpha value is -1.80. The Morgan fingerprint density at radius 1 is 1.18 bits per heavy atom. The van der Waals surface area contributed by atoms with E-state index in [1.165, 1.54) is 0 Å². The molecule has 0 saturated heterocycles. The number of carbonyl (C=O) groups is 1. The number of nitrogens with two attached hydrogens (primary N) is 1. The van der Waals surface area contributed by atoms with E-state index in [1.807, 2.05) is 25.1 Å². The molecular formula is C14H12ClNO. The van der Waals surface area contributed by atoms with Gasteiger partial charge in [0.15, 0.2) is 6.29 Å². The summed E-state index contributed by atoms with van der Waals surface area (Å²) in [4.78, 5) is 11.0. The van der Waals surface area contributed by atoms with E-state index in [1.54, 1.807) is 18.2 Å². The first-order valence-corrected chi connectivity index (χ1v) is 5.62. The van der Waals surface area contributed by atoms with Crippen molar-refractivity contribution in [1.29, 1.82) is 0 Å². The highest BCUT2D eigenvalue weighted by Crippen LogP contribution is 2.35. The van der Waals surface area contributed by atoms with Crippen molar-refractivity contribution in [1.82, 2.24) is 0 Å². The van der Waals surface area contributed by atoms with Gasteiger partial charge in [-0.25, -0.2) is 0 Å². The van der Waals surface area contributed by atoms with Gasteiger partial charge < -0.3 is 5.73 Å². The largest absolute Gasteiger partial charge is 0.398 e. The van der Waals surface area contributed by atoms with Gasteiger partial charge in [0.1, 0.15) is 0 Å². The smallest absolute Gasteiger partial charge is 0.150 e. The molecule has 17 heavy (non-hydrogen) atoms. The molecule has 86 valence electrons. The SMILES string of the molecule is Cc1cccc(-c2c(Cl)cccc2C=O)c1N. The van der Waals surface area contributed by atoms with Crippen molar-refractivity contribution in [2.24, 2.45) is 0 Å². The van der Waals surface area contributed by atoms with Crippen LogP contribution in [0.2, 0.25) is 5.02 Å². The third kappa shape index (κ3) is 2.04. The van der Waals surface area contributed by atoms with E-state index in [0.29, 0.717) is 21.8 Å². The van der Waals surface area contributed by atoms with Crippen molar-refractivity contribution in [3.8, 4) is 11.1 Å². The molecular weight excluding hydrogens is 234 g/mol. The predicted molar refractivity (Wildman–Crippen MR) is 71.4 cm³/mol. The van der Waals surface area contributed by atoms with Crippen molar-refractivity contribution in [2.75, 3.05) is 5.73 Å². The zero-order chi connectivity index (χ0) is 12.4. The molecule has 2 aromatic rings. The number of aldehydes is 1. The van der Waals surface area contributed by atoms with Gasteiger partial charge in [0.25, 0.3) is 0 Å². The summed E-state index contributed by atoms with van der Waals surface area (Å²) in [6.07, 6.45) is 0.795. The zero-order valence-corrected chi connectivity index (χ0v) is 10.2. The molecule has 0 bridgehead atoms. The number of para-hydroxylation sites is 1. The van der Waals surface area contributed by atoms with Crippen LogP contribution in [-0.4, -0.2) is 6.29 Å². The molecule has 0 heterocycles. The minimum Gasteiger partial charge on any atom is -0.398 e. The van der Waals surface area contributed by atoms with Crippen molar-refractivity contribution >= 4 is 23.6 Å².